The lowest BCUT2D eigenvalue weighted by molar-refractivity contribution is -0.120. The van der Waals surface area contributed by atoms with E-state index in [1.165, 1.54) is 0 Å². The molecule has 2 N–H and O–H groups in total. The van der Waals surface area contributed by atoms with E-state index in [9.17, 15) is 9.59 Å². The lowest BCUT2D eigenvalue weighted by atomic mass is 10.1. The molecule has 0 aromatic heterocycles. The summed E-state index contributed by atoms with van der Waals surface area (Å²) in [5.41, 5.74) is 3.41. The molecule has 0 bridgehead atoms. The third-order valence-electron chi connectivity index (χ3n) is 3.19. The Labute approximate surface area is 154 Å². The highest BCUT2D eigenvalue weighted by atomic mass is 79.9. The second kappa shape index (κ2) is 8.98. The maximum absolute atomic E-state index is 11.8. The molecule has 2 aromatic rings. The molecule has 0 spiro atoms. The average molecular weight is 404 g/mol. The largest absolute Gasteiger partial charge is 0.385 e. The van der Waals surface area contributed by atoms with Crippen LogP contribution in [0.3, 0.4) is 0 Å². The Hall–Kier alpha value is -2.67. The molecule has 0 heterocycles. The van der Waals surface area contributed by atoms with Crippen LogP contribution in [0, 0.1) is 13.8 Å². The molecule has 0 radical (unpaired) electrons. The molecule has 0 saturated heterocycles. The van der Waals surface area contributed by atoms with Crippen molar-refractivity contribution in [3.05, 3.63) is 58.1 Å². The molecular formula is C18H18BrN3O3. The molecule has 6 nitrogen and oxygen atoms in total. The summed E-state index contributed by atoms with van der Waals surface area (Å²) in [7, 11) is 0. The standard InChI is InChI=1S/C18H18BrN3O3/c1-12-6-7-16(13(2)8-12)22-17(23)10-20-25-11-18(24)21-15-5-3-4-14(19)9-15/h3-10H,11H2,1-2H3,(H,21,24)(H,22,23)/b20-10-. The van der Waals surface area contributed by atoms with Gasteiger partial charge in [-0.25, -0.2) is 0 Å². The Kier molecular flexibility index (Phi) is 6.71. The molecule has 7 heteroatoms. The van der Waals surface area contributed by atoms with Gasteiger partial charge < -0.3 is 15.5 Å². The van der Waals surface area contributed by atoms with Crippen LogP contribution in [0.2, 0.25) is 0 Å². The summed E-state index contributed by atoms with van der Waals surface area (Å²) in [6.45, 7) is 3.59. The summed E-state index contributed by atoms with van der Waals surface area (Å²) in [6.07, 6.45) is 0.992. The van der Waals surface area contributed by atoms with Crippen LogP contribution in [0.4, 0.5) is 11.4 Å². The minimum atomic E-state index is -0.431. The van der Waals surface area contributed by atoms with Gasteiger partial charge in [-0.3, -0.25) is 9.59 Å². The fourth-order valence-electron chi connectivity index (χ4n) is 2.06. The van der Waals surface area contributed by atoms with Gasteiger partial charge in [0, 0.05) is 15.8 Å². The first-order chi connectivity index (χ1) is 11.9. The molecule has 2 amide bonds. The van der Waals surface area contributed by atoms with Gasteiger partial charge in [-0.15, -0.1) is 0 Å². The Morgan fingerprint density at radius 3 is 2.68 bits per heavy atom. The van der Waals surface area contributed by atoms with Crippen LogP contribution in [0.25, 0.3) is 0 Å². The third kappa shape index (κ3) is 6.39. The van der Waals surface area contributed by atoms with Crippen LogP contribution >= 0.6 is 15.9 Å². The minimum Gasteiger partial charge on any atom is -0.385 e. The van der Waals surface area contributed by atoms with Crippen LogP contribution < -0.4 is 10.6 Å². The van der Waals surface area contributed by atoms with Crippen molar-refractivity contribution < 1.29 is 14.4 Å². The number of nitrogens with zero attached hydrogens (tertiary/aromatic N) is 1. The van der Waals surface area contributed by atoms with Gasteiger partial charge in [0.15, 0.2) is 6.61 Å². The molecule has 0 fully saturated rings. The van der Waals surface area contributed by atoms with Gasteiger partial charge in [0.1, 0.15) is 6.21 Å². The van der Waals surface area contributed by atoms with Crippen molar-refractivity contribution in [1.29, 1.82) is 0 Å². The molecule has 25 heavy (non-hydrogen) atoms. The van der Waals surface area contributed by atoms with Crippen LogP contribution in [-0.2, 0) is 14.4 Å². The summed E-state index contributed by atoms with van der Waals surface area (Å²) < 4.78 is 0.854. The van der Waals surface area contributed by atoms with Crippen molar-refractivity contribution >= 4 is 45.3 Å². The Bertz CT molecular complexity index is 806. The van der Waals surface area contributed by atoms with Crippen molar-refractivity contribution in [2.45, 2.75) is 13.8 Å². The van der Waals surface area contributed by atoms with Crippen molar-refractivity contribution in [3.63, 3.8) is 0 Å². The second-order valence-corrected chi connectivity index (χ2v) is 6.29. The number of halogens is 1. The number of rotatable bonds is 6. The zero-order valence-corrected chi connectivity index (χ0v) is 15.5. The molecule has 0 aliphatic heterocycles. The molecular weight excluding hydrogens is 386 g/mol. The number of carbonyl (C=O) groups excluding carboxylic acids is 2. The Morgan fingerprint density at radius 2 is 1.96 bits per heavy atom. The Morgan fingerprint density at radius 1 is 1.16 bits per heavy atom. The predicted octanol–water partition coefficient (Wildman–Crippen LogP) is 3.65. The zero-order chi connectivity index (χ0) is 18.2. The number of amides is 2. The molecule has 130 valence electrons. The van der Waals surface area contributed by atoms with Crippen LogP contribution in [0.5, 0.6) is 0 Å². The monoisotopic (exact) mass is 403 g/mol. The summed E-state index contributed by atoms with van der Waals surface area (Å²) in [5.74, 6) is -0.801. The highest BCUT2D eigenvalue weighted by Gasteiger charge is 2.04. The van der Waals surface area contributed by atoms with Gasteiger partial charge in [-0.1, -0.05) is 44.8 Å². The predicted molar refractivity (Wildman–Crippen MR) is 102 cm³/mol. The number of benzene rings is 2. The molecule has 0 atom stereocenters. The van der Waals surface area contributed by atoms with Gasteiger partial charge in [0.05, 0.1) is 0 Å². The number of carbonyl (C=O) groups is 2. The van der Waals surface area contributed by atoms with Crippen LogP contribution in [0.15, 0.2) is 52.1 Å². The highest BCUT2D eigenvalue weighted by molar-refractivity contribution is 9.10. The quantitative estimate of drug-likeness (QED) is 0.570. The number of hydrogen-bond acceptors (Lipinski definition) is 4. The van der Waals surface area contributed by atoms with Gasteiger partial charge >= 0.3 is 0 Å². The van der Waals surface area contributed by atoms with E-state index < -0.39 is 5.91 Å². The summed E-state index contributed by atoms with van der Waals surface area (Å²) in [4.78, 5) is 28.3. The van der Waals surface area contributed by atoms with Crippen molar-refractivity contribution in [1.82, 2.24) is 0 Å². The van der Waals surface area contributed by atoms with Gasteiger partial charge in [0.2, 0.25) is 0 Å². The highest BCUT2D eigenvalue weighted by Crippen LogP contribution is 2.16. The maximum Gasteiger partial charge on any atom is 0.270 e. The molecule has 0 unspecified atom stereocenters. The summed E-state index contributed by atoms with van der Waals surface area (Å²) in [5, 5.41) is 8.86. The van der Waals surface area contributed by atoms with E-state index in [1.54, 1.807) is 18.2 Å². The molecule has 0 aliphatic rings. The van der Waals surface area contributed by atoms with E-state index in [0.717, 1.165) is 21.8 Å². The Balaban J connectivity index is 1.76. The van der Waals surface area contributed by atoms with E-state index in [4.69, 9.17) is 4.84 Å². The minimum absolute atomic E-state index is 0.292. The topological polar surface area (TPSA) is 79.8 Å². The summed E-state index contributed by atoms with van der Waals surface area (Å²) >= 11 is 3.32. The first-order valence-electron chi connectivity index (χ1n) is 7.53. The first kappa shape index (κ1) is 18.7. The van der Waals surface area contributed by atoms with E-state index in [2.05, 4.69) is 31.7 Å². The fraction of sp³-hybridized carbons (Fsp3) is 0.167. The number of nitrogens with one attached hydrogen (secondary N) is 2. The first-order valence-corrected chi connectivity index (χ1v) is 8.32. The number of hydrogen-bond donors (Lipinski definition) is 2. The molecule has 0 aliphatic carbocycles. The zero-order valence-electron chi connectivity index (χ0n) is 13.9. The third-order valence-corrected chi connectivity index (χ3v) is 3.68. The normalized spacial score (nSPS) is 10.5. The van der Waals surface area contributed by atoms with Crippen LogP contribution in [0.1, 0.15) is 11.1 Å². The van der Waals surface area contributed by atoms with E-state index in [0.29, 0.717) is 11.4 Å². The maximum atomic E-state index is 11.8. The van der Waals surface area contributed by atoms with Crippen molar-refractivity contribution in [2.75, 3.05) is 17.2 Å². The number of anilines is 2. The number of aryl methyl sites for hydroxylation is 2. The van der Waals surface area contributed by atoms with Crippen molar-refractivity contribution in [3.8, 4) is 0 Å². The lowest BCUT2D eigenvalue weighted by Crippen LogP contribution is -2.18. The van der Waals surface area contributed by atoms with Crippen molar-refractivity contribution in [2.24, 2.45) is 5.16 Å². The molecule has 2 rings (SSSR count). The SMILES string of the molecule is Cc1ccc(NC(=O)/C=N\OCC(=O)Nc2cccc(Br)c2)c(C)c1. The van der Waals surface area contributed by atoms with E-state index >= 15 is 0 Å². The van der Waals surface area contributed by atoms with E-state index in [-0.39, 0.29) is 12.5 Å². The fourth-order valence-corrected chi connectivity index (χ4v) is 2.46. The smallest absolute Gasteiger partial charge is 0.270 e. The lowest BCUT2D eigenvalue weighted by Gasteiger charge is -2.07. The van der Waals surface area contributed by atoms with Gasteiger partial charge in [0.25, 0.3) is 11.8 Å². The average Bonchev–Trinajstić information content (AvgIpc) is 2.54. The van der Waals surface area contributed by atoms with E-state index in [1.807, 2.05) is 38.1 Å². The summed E-state index contributed by atoms with van der Waals surface area (Å²) in [6, 6.07) is 12.9. The van der Waals surface area contributed by atoms with Gasteiger partial charge in [-0.05, 0) is 43.7 Å². The van der Waals surface area contributed by atoms with Gasteiger partial charge in [-0.2, -0.15) is 0 Å². The second-order valence-electron chi connectivity index (χ2n) is 5.37. The van der Waals surface area contributed by atoms with Crippen LogP contribution in [-0.4, -0.2) is 24.6 Å². The number of oxime groups is 1. The molecule has 0 saturated carbocycles. The molecule has 2 aromatic carbocycles.